The molecule has 1 heterocycles. The van der Waals surface area contributed by atoms with Gasteiger partial charge < -0.3 is 10.4 Å². The molecule has 144 valence electrons. The van der Waals surface area contributed by atoms with Gasteiger partial charge in [0.1, 0.15) is 11.9 Å². The third-order valence-electron chi connectivity index (χ3n) is 4.77. The summed E-state index contributed by atoms with van der Waals surface area (Å²) in [5, 5.41) is 13.5. The standard InChI is InChI=1S/C23H17FN2O3/c24-15-11-9-14(10-12-15)13-20(23(28)29)26-22(27)21-16-5-1-3-7-18(16)25-19-8-4-2-6-17(19)21/h1-12,20H,13H2,(H,26,27)(H,28,29)/t20-/m1/s1. The lowest BCUT2D eigenvalue weighted by Crippen LogP contribution is -2.42. The van der Waals surface area contributed by atoms with Gasteiger partial charge in [-0.2, -0.15) is 0 Å². The van der Waals surface area contributed by atoms with Gasteiger partial charge in [-0.25, -0.2) is 14.2 Å². The van der Waals surface area contributed by atoms with E-state index >= 15 is 0 Å². The summed E-state index contributed by atoms with van der Waals surface area (Å²) in [5.41, 5.74) is 2.31. The highest BCUT2D eigenvalue weighted by atomic mass is 19.1. The zero-order valence-corrected chi connectivity index (χ0v) is 15.3. The fourth-order valence-corrected chi connectivity index (χ4v) is 3.37. The van der Waals surface area contributed by atoms with Gasteiger partial charge in [0, 0.05) is 17.2 Å². The first-order chi connectivity index (χ1) is 14.0. The van der Waals surface area contributed by atoms with Crippen molar-refractivity contribution in [2.75, 3.05) is 0 Å². The van der Waals surface area contributed by atoms with Gasteiger partial charge in [-0.05, 0) is 29.8 Å². The molecule has 0 aliphatic heterocycles. The second-order valence-corrected chi connectivity index (χ2v) is 6.72. The number of pyridine rings is 1. The molecule has 4 rings (SSSR count). The average molecular weight is 388 g/mol. The molecule has 1 amide bonds. The maximum absolute atomic E-state index is 13.2. The Balaban J connectivity index is 1.73. The van der Waals surface area contributed by atoms with Crippen molar-refractivity contribution in [3.05, 3.63) is 89.7 Å². The van der Waals surface area contributed by atoms with Gasteiger partial charge in [0.25, 0.3) is 5.91 Å². The van der Waals surface area contributed by atoms with Crippen LogP contribution >= 0.6 is 0 Å². The number of hydrogen-bond donors (Lipinski definition) is 2. The number of carboxylic acid groups (broad SMARTS) is 1. The van der Waals surface area contributed by atoms with Gasteiger partial charge >= 0.3 is 5.97 Å². The summed E-state index contributed by atoms with van der Waals surface area (Å²) >= 11 is 0. The first-order valence-electron chi connectivity index (χ1n) is 9.08. The van der Waals surface area contributed by atoms with Crippen LogP contribution in [0.5, 0.6) is 0 Å². The van der Waals surface area contributed by atoms with Crippen LogP contribution in [0.4, 0.5) is 4.39 Å². The summed E-state index contributed by atoms with van der Waals surface area (Å²) in [7, 11) is 0. The number of fused-ring (bicyclic) bond motifs is 2. The van der Waals surface area contributed by atoms with Crippen molar-refractivity contribution in [3.63, 3.8) is 0 Å². The summed E-state index contributed by atoms with van der Waals surface area (Å²) in [5.74, 6) is -2.06. The lowest BCUT2D eigenvalue weighted by Gasteiger charge is -2.17. The molecule has 1 atom stereocenters. The minimum atomic E-state index is -1.16. The van der Waals surface area contributed by atoms with Crippen molar-refractivity contribution in [2.24, 2.45) is 0 Å². The molecule has 3 aromatic carbocycles. The fourth-order valence-electron chi connectivity index (χ4n) is 3.37. The lowest BCUT2D eigenvalue weighted by atomic mass is 10.0. The van der Waals surface area contributed by atoms with Crippen molar-refractivity contribution < 1.29 is 19.1 Å². The number of benzene rings is 3. The van der Waals surface area contributed by atoms with Crippen LogP contribution < -0.4 is 5.32 Å². The number of carbonyl (C=O) groups excluding carboxylic acids is 1. The molecular weight excluding hydrogens is 371 g/mol. The van der Waals surface area contributed by atoms with Gasteiger partial charge in [-0.3, -0.25) is 4.79 Å². The van der Waals surface area contributed by atoms with Crippen molar-refractivity contribution in [3.8, 4) is 0 Å². The fraction of sp³-hybridized carbons (Fsp3) is 0.0870. The normalized spacial score (nSPS) is 12.0. The van der Waals surface area contributed by atoms with Crippen molar-refractivity contribution >= 4 is 33.7 Å². The van der Waals surface area contributed by atoms with E-state index < -0.39 is 23.7 Å². The second kappa shape index (κ2) is 7.67. The van der Waals surface area contributed by atoms with Crippen LogP contribution in [0.1, 0.15) is 15.9 Å². The quantitative estimate of drug-likeness (QED) is 0.508. The maximum atomic E-state index is 13.2. The van der Waals surface area contributed by atoms with Gasteiger partial charge in [0.15, 0.2) is 0 Å². The Morgan fingerprint density at radius 2 is 1.45 bits per heavy atom. The number of carbonyl (C=O) groups is 2. The molecule has 6 heteroatoms. The number of nitrogens with one attached hydrogen (secondary N) is 1. The predicted octanol–water partition coefficient (Wildman–Crippen LogP) is 3.95. The summed E-state index contributed by atoms with van der Waals surface area (Å²) < 4.78 is 13.1. The van der Waals surface area contributed by atoms with Crippen LogP contribution in [-0.2, 0) is 11.2 Å². The van der Waals surface area contributed by atoms with Gasteiger partial charge in [0.05, 0.1) is 16.6 Å². The first kappa shape index (κ1) is 18.6. The smallest absolute Gasteiger partial charge is 0.326 e. The Hall–Kier alpha value is -3.80. The zero-order valence-electron chi connectivity index (χ0n) is 15.3. The molecule has 0 aliphatic carbocycles. The number of para-hydroxylation sites is 2. The lowest BCUT2D eigenvalue weighted by molar-refractivity contribution is -0.139. The molecule has 0 saturated carbocycles. The molecule has 0 unspecified atom stereocenters. The predicted molar refractivity (Wildman–Crippen MR) is 108 cm³/mol. The van der Waals surface area contributed by atoms with E-state index in [-0.39, 0.29) is 6.42 Å². The van der Waals surface area contributed by atoms with Crippen molar-refractivity contribution in [1.82, 2.24) is 10.3 Å². The van der Waals surface area contributed by atoms with Gasteiger partial charge in [-0.15, -0.1) is 0 Å². The minimum absolute atomic E-state index is 0.0440. The third-order valence-corrected chi connectivity index (χ3v) is 4.77. The molecule has 0 spiro atoms. The van der Waals surface area contributed by atoms with Crippen LogP contribution in [0.25, 0.3) is 21.8 Å². The van der Waals surface area contributed by atoms with Gasteiger partial charge in [-0.1, -0.05) is 48.5 Å². The molecule has 1 aromatic heterocycles. The van der Waals surface area contributed by atoms with Crippen LogP contribution in [0.2, 0.25) is 0 Å². The van der Waals surface area contributed by atoms with Crippen molar-refractivity contribution in [2.45, 2.75) is 12.5 Å². The van der Waals surface area contributed by atoms with Crippen LogP contribution in [0, 0.1) is 5.82 Å². The summed E-state index contributed by atoms with van der Waals surface area (Å²) in [6, 6.07) is 18.9. The Morgan fingerprint density at radius 3 is 2.00 bits per heavy atom. The third kappa shape index (κ3) is 3.78. The average Bonchev–Trinajstić information content (AvgIpc) is 2.72. The molecule has 0 radical (unpaired) electrons. The number of amides is 1. The summed E-state index contributed by atoms with van der Waals surface area (Å²) in [6.45, 7) is 0. The zero-order chi connectivity index (χ0) is 20.4. The highest BCUT2D eigenvalue weighted by Crippen LogP contribution is 2.26. The number of rotatable bonds is 5. The molecule has 0 aliphatic rings. The van der Waals surface area contributed by atoms with E-state index in [1.54, 1.807) is 12.1 Å². The minimum Gasteiger partial charge on any atom is -0.480 e. The van der Waals surface area contributed by atoms with Crippen LogP contribution in [-0.4, -0.2) is 28.0 Å². The summed E-state index contributed by atoms with van der Waals surface area (Å²) in [6.07, 6.45) is 0.0440. The van der Waals surface area contributed by atoms with Crippen molar-refractivity contribution in [1.29, 1.82) is 0 Å². The SMILES string of the molecule is O=C(N[C@H](Cc1ccc(F)cc1)C(=O)O)c1c2ccccc2nc2ccccc12. The molecule has 0 bridgehead atoms. The Morgan fingerprint density at radius 1 is 0.897 bits per heavy atom. The first-order valence-corrected chi connectivity index (χ1v) is 9.08. The van der Waals surface area contributed by atoms with E-state index in [9.17, 15) is 19.1 Å². The van der Waals surface area contributed by atoms with E-state index in [0.29, 0.717) is 32.9 Å². The second-order valence-electron chi connectivity index (χ2n) is 6.72. The largest absolute Gasteiger partial charge is 0.480 e. The molecule has 2 N–H and O–H groups in total. The number of halogens is 1. The van der Waals surface area contributed by atoms with Crippen LogP contribution in [0.3, 0.4) is 0 Å². The van der Waals surface area contributed by atoms with E-state index in [2.05, 4.69) is 10.3 Å². The van der Waals surface area contributed by atoms with Gasteiger partial charge in [0.2, 0.25) is 0 Å². The molecular formula is C23H17FN2O3. The molecule has 5 nitrogen and oxygen atoms in total. The molecule has 29 heavy (non-hydrogen) atoms. The number of aromatic nitrogens is 1. The topological polar surface area (TPSA) is 79.3 Å². The number of nitrogens with zero attached hydrogens (tertiary/aromatic N) is 1. The summed E-state index contributed by atoms with van der Waals surface area (Å²) in [4.78, 5) is 29.5. The van der Waals surface area contributed by atoms with E-state index in [0.717, 1.165) is 0 Å². The highest BCUT2D eigenvalue weighted by molar-refractivity contribution is 6.16. The van der Waals surface area contributed by atoms with Crippen LogP contribution in [0.15, 0.2) is 72.8 Å². The molecule has 4 aromatic rings. The van der Waals surface area contributed by atoms with E-state index in [4.69, 9.17) is 0 Å². The Kier molecular flexibility index (Phi) is 4.91. The van der Waals surface area contributed by atoms with E-state index in [1.165, 1.54) is 24.3 Å². The molecule has 0 saturated heterocycles. The molecule has 0 fully saturated rings. The van der Waals surface area contributed by atoms with E-state index in [1.807, 2.05) is 36.4 Å². The highest BCUT2D eigenvalue weighted by Gasteiger charge is 2.24. The Bertz CT molecular complexity index is 1170. The maximum Gasteiger partial charge on any atom is 0.326 e. The number of carboxylic acids is 1. The Labute approximate surface area is 165 Å². The number of aliphatic carboxylic acids is 1. The monoisotopic (exact) mass is 388 g/mol. The number of hydrogen-bond acceptors (Lipinski definition) is 3.